The number of phenolic OH excluding ortho intramolecular Hbond substituents is 1. The van der Waals surface area contributed by atoms with Crippen LogP contribution in [0.15, 0.2) is 24.3 Å². The quantitative estimate of drug-likeness (QED) is 0.194. The van der Waals surface area contributed by atoms with Gasteiger partial charge in [0, 0.05) is 12.0 Å². The Morgan fingerprint density at radius 2 is 1.69 bits per heavy atom. The first-order valence-electron chi connectivity index (χ1n) is 13.1. The number of rotatable bonds is 5. The molecule has 42 heavy (non-hydrogen) atoms. The summed E-state index contributed by atoms with van der Waals surface area (Å²) >= 11 is 0. The summed E-state index contributed by atoms with van der Waals surface area (Å²) < 4.78 is 61.8. The number of amides is 3. The van der Waals surface area contributed by atoms with Gasteiger partial charge >= 0.3 is 5.97 Å². The number of carbonyl (C=O) groups excluding carboxylic acids is 4. The van der Waals surface area contributed by atoms with Crippen molar-refractivity contribution in [3.8, 4) is 5.75 Å². The first-order valence-corrected chi connectivity index (χ1v) is 13.1. The molecule has 2 aliphatic rings. The van der Waals surface area contributed by atoms with Crippen LogP contribution in [0, 0.1) is 35.4 Å². The van der Waals surface area contributed by atoms with Crippen LogP contribution in [0.2, 0.25) is 0 Å². The first kappa shape index (κ1) is 30.7. The second-order valence-corrected chi connectivity index (χ2v) is 10.3. The molecule has 1 saturated heterocycles. The van der Waals surface area contributed by atoms with Gasteiger partial charge in [0.2, 0.25) is 23.6 Å². The molecular formula is C27H28F4N4O7. The van der Waals surface area contributed by atoms with E-state index in [0.29, 0.717) is 12.8 Å². The van der Waals surface area contributed by atoms with E-state index in [2.05, 4.69) is 20.9 Å². The fourth-order valence-electron chi connectivity index (χ4n) is 4.63. The summed E-state index contributed by atoms with van der Waals surface area (Å²) in [4.78, 5) is 55.2. The maximum Gasteiger partial charge on any atom is 0.329 e. The number of aromatic hydroxyl groups is 1. The van der Waals surface area contributed by atoms with Gasteiger partial charge in [-0.15, -0.1) is 0 Å². The Morgan fingerprint density at radius 3 is 2.33 bits per heavy atom. The summed E-state index contributed by atoms with van der Waals surface area (Å²) in [7, 11) is 0. The summed E-state index contributed by atoms with van der Waals surface area (Å²) in [5, 5.41) is 28.3. The van der Waals surface area contributed by atoms with Gasteiger partial charge in [-0.2, -0.15) is 18.2 Å². The molecule has 1 aromatic carbocycles. The number of ether oxygens (including phenoxy) is 1. The zero-order valence-electron chi connectivity index (χ0n) is 22.4. The van der Waals surface area contributed by atoms with Gasteiger partial charge in [-0.1, -0.05) is 19.1 Å². The minimum atomic E-state index is -2.09. The summed E-state index contributed by atoms with van der Waals surface area (Å²) in [6, 6.07) is 0.784. The Kier molecular flexibility index (Phi) is 8.99. The molecule has 0 bridgehead atoms. The van der Waals surface area contributed by atoms with Gasteiger partial charge in [-0.3, -0.25) is 14.4 Å². The number of pyridine rings is 1. The molecule has 0 radical (unpaired) electrons. The van der Waals surface area contributed by atoms with E-state index in [1.54, 1.807) is 0 Å². The smallest absolute Gasteiger partial charge is 0.329 e. The maximum atomic E-state index is 14.5. The molecule has 1 saturated carbocycles. The van der Waals surface area contributed by atoms with Crippen LogP contribution in [0.4, 0.5) is 17.6 Å². The zero-order valence-corrected chi connectivity index (χ0v) is 22.4. The van der Waals surface area contributed by atoms with E-state index in [1.807, 2.05) is 0 Å². The Labute approximate surface area is 236 Å². The van der Waals surface area contributed by atoms with Crippen LogP contribution in [0.25, 0.3) is 0 Å². The summed E-state index contributed by atoms with van der Waals surface area (Å²) in [5.74, 6) is -13.8. The summed E-state index contributed by atoms with van der Waals surface area (Å²) in [6.45, 7) is 2.48. The highest BCUT2D eigenvalue weighted by Gasteiger charge is 2.44. The third-order valence-electron chi connectivity index (χ3n) is 7.31. The number of halogens is 4. The molecule has 1 unspecified atom stereocenters. The van der Waals surface area contributed by atoms with Crippen molar-refractivity contribution in [2.24, 2.45) is 11.8 Å². The Hall–Kier alpha value is -4.27. The fourth-order valence-corrected chi connectivity index (χ4v) is 4.63. The highest BCUT2D eigenvalue weighted by Crippen LogP contribution is 2.34. The molecule has 1 aliphatic heterocycles. The summed E-state index contributed by atoms with van der Waals surface area (Å²) in [5.41, 5.74) is -1.36. The molecule has 11 nitrogen and oxygen atoms in total. The van der Waals surface area contributed by atoms with E-state index in [1.165, 1.54) is 38.1 Å². The van der Waals surface area contributed by atoms with Gasteiger partial charge in [0.1, 0.15) is 23.9 Å². The number of aromatic nitrogens is 1. The van der Waals surface area contributed by atoms with Gasteiger partial charge in [0.25, 0.3) is 11.9 Å². The van der Waals surface area contributed by atoms with E-state index in [4.69, 9.17) is 4.74 Å². The van der Waals surface area contributed by atoms with Crippen molar-refractivity contribution in [2.45, 2.75) is 63.4 Å². The Balaban J connectivity index is 1.73. The Morgan fingerprint density at radius 1 is 1.02 bits per heavy atom. The van der Waals surface area contributed by atoms with Crippen LogP contribution >= 0.6 is 0 Å². The molecule has 1 aliphatic carbocycles. The molecule has 5 N–H and O–H groups in total. The highest BCUT2D eigenvalue weighted by molar-refractivity contribution is 6.00. The van der Waals surface area contributed by atoms with Crippen LogP contribution in [0.3, 0.4) is 0 Å². The highest BCUT2D eigenvalue weighted by atomic mass is 19.2. The minimum absolute atomic E-state index is 0.236. The van der Waals surface area contributed by atoms with Crippen LogP contribution in [-0.4, -0.2) is 69.2 Å². The van der Waals surface area contributed by atoms with E-state index >= 15 is 0 Å². The monoisotopic (exact) mass is 596 g/mol. The number of para-hydroxylation sites is 1. The first-order chi connectivity index (χ1) is 19.8. The number of nitrogens with zero attached hydrogens (tertiary/aromatic N) is 1. The van der Waals surface area contributed by atoms with E-state index in [-0.39, 0.29) is 11.5 Å². The topological polar surface area (TPSA) is 167 Å². The molecule has 15 heteroatoms. The molecule has 0 spiro atoms. The number of esters is 1. The standard InChI is InChI=1S/C27H28F4N4O7/c1-10-21(37)15(9-14-17(28)18(29)23(31)35-22(14)30)32-26(40)19(33-25(39)13-5-3-4-6-16(13)36)11(2)42-27(41)20(12-7-8-12)34-24(10)38/h3-6,10-12,15,19-21,36-37H,7-9H2,1-2H3,(H,32,40)(H,33,39)(H,34,38)/t10-,11-,15+,19+,20?,21+/m1/s1. The number of cyclic esters (lactones) is 1. The number of hydrogen-bond acceptors (Lipinski definition) is 8. The van der Waals surface area contributed by atoms with Gasteiger partial charge in [-0.25, -0.2) is 9.18 Å². The van der Waals surface area contributed by atoms with Crippen LogP contribution < -0.4 is 16.0 Å². The van der Waals surface area contributed by atoms with Crippen LogP contribution in [0.1, 0.15) is 42.6 Å². The number of nitrogens with one attached hydrogen (secondary N) is 3. The van der Waals surface area contributed by atoms with Crippen molar-refractivity contribution in [2.75, 3.05) is 0 Å². The van der Waals surface area contributed by atoms with Crippen molar-refractivity contribution in [1.82, 2.24) is 20.9 Å². The second-order valence-electron chi connectivity index (χ2n) is 10.3. The predicted molar refractivity (Wildman–Crippen MR) is 134 cm³/mol. The van der Waals surface area contributed by atoms with E-state index in [0.717, 1.165) is 0 Å². The molecule has 2 heterocycles. The number of aliphatic hydroxyl groups excluding tert-OH is 1. The zero-order chi connectivity index (χ0) is 30.9. The van der Waals surface area contributed by atoms with E-state index < -0.39 is 101 Å². The molecule has 2 aromatic rings. The number of carbonyl (C=O) groups is 4. The van der Waals surface area contributed by atoms with Crippen molar-refractivity contribution < 1.29 is 51.7 Å². The van der Waals surface area contributed by atoms with Gasteiger partial charge < -0.3 is 30.9 Å². The molecule has 1 aromatic heterocycles. The normalized spacial score (nSPS) is 27.2. The third kappa shape index (κ3) is 6.45. The third-order valence-corrected chi connectivity index (χ3v) is 7.31. The molecule has 6 atom stereocenters. The lowest BCUT2D eigenvalue weighted by atomic mass is 9.91. The number of hydrogen-bond donors (Lipinski definition) is 5. The lowest BCUT2D eigenvalue weighted by Gasteiger charge is -2.33. The summed E-state index contributed by atoms with van der Waals surface area (Å²) in [6.07, 6.45) is -3.14. The fraction of sp³-hybridized carbons (Fsp3) is 0.444. The van der Waals surface area contributed by atoms with Crippen molar-refractivity contribution in [3.05, 3.63) is 58.9 Å². The lowest BCUT2D eigenvalue weighted by Crippen LogP contribution is -2.61. The molecule has 2 fully saturated rings. The average molecular weight is 597 g/mol. The Bertz CT molecular complexity index is 1410. The maximum absolute atomic E-state index is 14.5. The van der Waals surface area contributed by atoms with Crippen LogP contribution in [0.5, 0.6) is 5.75 Å². The van der Waals surface area contributed by atoms with Crippen molar-refractivity contribution in [1.29, 1.82) is 0 Å². The van der Waals surface area contributed by atoms with Gasteiger partial charge in [0.05, 0.1) is 23.6 Å². The second kappa shape index (κ2) is 12.3. The van der Waals surface area contributed by atoms with Crippen LogP contribution in [-0.2, 0) is 25.5 Å². The minimum Gasteiger partial charge on any atom is -0.507 e. The van der Waals surface area contributed by atoms with Gasteiger partial charge in [-0.05, 0) is 37.8 Å². The van der Waals surface area contributed by atoms with Crippen molar-refractivity contribution >= 4 is 23.7 Å². The lowest BCUT2D eigenvalue weighted by molar-refractivity contribution is -0.156. The number of aliphatic hydroxyl groups is 1. The molecular weight excluding hydrogens is 568 g/mol. The SMILES string of the molecule is C[C@H]1OC(=O)C(C2CC2)NC(=O)[C@H](C)[C@H](O)[C@H](Cc2c(F)nc(F)c(F)c2F)NC(=O)[C@H]1NC(=O)c1ccccc1O. The van der Waals surface area contributed by atoms with E-state index in [9.17, 15) is 47.0 Å². The average Bonchev–Trinajstić information content (AvgIpc) is 3.78. The number of benzene rings is 1. The molecule has 226 valence electrons. The molecule has 4 rings (SSSR count). The van der Waals surface area contributed by atoms with Gasteiger partial charge in [0.15, 0.2) is 5.82 Å². The number of phenols is 1. The largest absolute Gasteiger partial charge is 0.507 e. The van der Waals surface area contributed by atoms with Crippen molar-refractivity contribution in [3.63, 3.8) is 0 Å². The molecule has 3 amide bonds. The predicted octanol–water partition coefficient (Wildman–Crippen LogP) is 1.01.